The number of phenolic OH excluding ortho intramolecular Hbond substituents is 1. The van der Waals surface area contributed by atoms with Crippen molar-refractivity contribution in [1.29, 1.82) is 0 Å². The van der Waals surface area contributed by atoms with Gasteiger partial charge in [-0.15, -0.1) is 0 Å². The van der Waals surface area contributed by atoms with Crippen molar-refractivity contribution in [3.63, 3.8) is 0 Å². The highest BCUT2D eigenvalue weighted by molar-refractivity contribution is 5.88. The Labute approximate surface area is 94.5 Å². The zero-order valence-electron chi connectivity index (χ0n) is 9.23. The number of carbonyl (C=O) groups excluding carboxylic acids is 1. The molecule has 0 aliphatic heterocycles. The van der Waals surface area contributed by atoms with Crippen molar-refractivity contribution in [2.45, 2.75) is 19.8 Å². The van der Waals surface area contributed by atoms with Crippen LogP contribution >= 0.6 is 0 Å². The molecule has 0 aromatic heterocycles. The molecular formula is C14H14O2. The number of ketones is 1. The third-order valence-electron chi connectivity index (χ3n) is 2.74. The molecule has 0 fully saturated rings. The predicted molar refractivity (Wildman–Crippen MR) is 64.6 cm³/mol. The SMILES string of the molecule is CC(=O)CCc1c(O)ccc2ccccc12. The number of aryl methyl sites for hydroxylation is 1. The monoisotopic (exact) mass is 214 g/mol. The molecule has 2 heteroatoms. The largest absolute Gasteiger partial charge is 0.508 e. The molecule has 0 bridgehead atoms. The average molecular weight is 214 g/mol. The van der Waals surface area contributed by atoms with Gasteiger partial charge < -0.3 is 9.90 Å². The second kappa shape index (κ2) is 4.35. The minimum Gasteiger partial charge on any atom is -0.508 e. The summed E-state index contributed by atoms with van der Waals surface area (Å²) in [5, 5.41) is 11.9. The highest BCUT2D eigenvalue weighted by atomic mass is 16.3. The fourth-order valence-corrected chi connectivity index (χ4v) is 1.89. The molecule has 1 N–H and O–H groups in total. The van der Waals surface area contributed by atoms with E-state index in [0.717, 1.165) is 16.3 Å². The zero-order valence-corrected chi connectivity index (χ0v) is 9.23. The molecule has 2 rings (SSSR count). The van der Waals surface area contributed by atoms with Crippen molar-refractivity contribution in [1.82, 2.24) is 0 Å². The molecule has 2 aromatic carbocycles. The number of rotatable bonds is 3. The molecule has 2 aromatic rings. The van der Waals surface area contributed by atoms with Crippen LogP contribution in [0.25, 0.3) is 10.8 Å². The van der Waals surface area contributed by atoms with Crippen LogP contribution in [0.3, 0.4) is 0 Å². The van der Waals surface area contributed by atoms with Crippen molar-refractivity contribution < 1.29 is 9.90 Å². The van der Waals surface area contributed by atoms with Gasteiger partial charge in [0.05, 0.1) is 0 Å². The Morgan fingerprint density at radius 3 is 2.69 bits per heavy atom. The van der Waals surface area contributed by atoms with E-state index in [2.05, 4.69) is 0 Å². The molecule has 2 nitrogen and oxygen atoms in total. The maximum atomic E-state index is 11.0. The maximum Gasteiger partial charge on any atom is 0.130 e. The maximum absolute atomic E-state index is 11.0. The van der Waals surface area contributed by atoms with Crippen molar-refractivity contribution >= 4 is 16.6 Å². The molecule has 0 atom stereocenters. The van der Waals surface area contributed by atoms with Crippen LogP contribution in [-0.4, -0.2) is 10.9 Å². The van der Waals surface area contributed by atoms with Gasteiger partial charge in [-0.1, -0.05) is 30.3 Å². The van der Waals surface area contributed by atoms with E-state index in [-0.39, 0.29) is 11.5 Å². The number of fused-ring (bicyclic) bond motifs is 1. The quantitative estimate of drug-likeness (QED) is 0.852. The minimum absolute atomic E-state index is 0.146. The molecular weight excluding hydrogens is 200 g/mol. The number of carbonyl (C=O) groups is 1. The van der Waals surface area contributed by atoms with Gasteiger partial charge in [0, 0.05) is 12.0 Å². The van der Waals surface area contributed by atoms with Gasteiger partial charge in [-0.25, -0.2) is 0 Å². The summed E-state index contributed by atoms with van der Waals surface area (Å²) in [4.78, 5) is 11.0. The van der Waals surface area contributed by atoms with Crippen LogP contribution < -0.4 is 0 Å². The molecule has 82 valence electrons. The summed E-state index contributed by atoms with van der Waals surface area (Å²) in [5.41, 5.74) is 0.869. The topological polar surface area (TPSA) is 37.3 Å². The number of hydrogen-bond acceptors (Lipinski definition) is 2. The van der Waals surface area contributed by atoms with Crippen molar-refractivity contribution in [3.05, 3.63) is 42.0 Å². The van der Waals surface area contributed by atoms with Gasteiger partial charge in [0.15, 0.2) is 0 Å². The lowest BCUT2D eigenvalue weighted by molar-refractivity contribution is -0.116. The van der Waals surface area contributed by atoms with E-state index in [1.165, 1.54) is 0 Å². The summed E-state index contributed by atoms with van der Waals surface area (Å²) in [7, 11) is 0. The molecule has 0 saturated carbocycles. The lowest BCUT2D eigenvalue weighted by Crippen LogP contribution is -1.95. The predicted octanol–water partition coefficient (Wildman–Crippen LogP) is 3.07. The Bertz CT molecular complexity index is 529. The van der Waals surface area contributed by atoms with E-state index >= 15 is 0 Å². The second-order valence-electron chi connectivity index (χ2n) is 3.99. The molecule has 0 amide bonds. The third-order valence-corrected chi connectivity index (χ3v) is 2.74. The number of benzene rings is 2. The normalized spacial score (nSPS) is 10.6. The summed E-state index contributed by atoms with van der Waals surface area (Å²) in [6, 6.07) is 11.5. The molecule has 0 aliphatic rings. The summed E-state index contributed by atoms with van der Waals surface area (Å²) < 4.78 is 0. The minimum atomic E-state index is 0.146. The van der Waals surface area contributed by atoms with E-state index in [0.29, 0.717) is 12.8 Å². The van der Waals surface area contributed by atoms with Gasteiger partial charge in [-0.3, -0.25) is 0 Å². The van der Waals surface area contributed by atoms with Crippen LogP contribution in [0.5, 0.6) is 5.75 Å². The Morgan fingerprint density at radius 2 is 1.94 bits per heavy atom. The van der Waals surface area contributed by atoms with Crippen molar-refractivity contribution in [2.24, 2.45) is 0 Å². The molecule has 0 unspecified atom stereocenters. The molecule has 0 saturated heterocycles. The molecule has 16 heavy (non-hydrogen) atoms. The second-order valence-corrected chi connectivity index (χ2v) is 3.99. The fourth-order valence-electron chi connectivity index (χ4n) is 1.89. The number of phenols is 1. The van der Waals surface area contributed by atoms with Gasteiger partial charge in [-0.05, 0) is 30.2 Å². The van der Waals surface area contributed by atoms with Gasteiger partial charge in [0.25, 0.3) is 0 Å². The smallest absolute Gasteiger partial charge is 0.130 e. The van der Waals surface area contributed by atoms with Crippen LogP contribution in [0.4, 0.5) is 0 Å². The number of hydrogen-bond donors (Lipinski definition) is 1. The van der Waals surface area contributed by atoms with Gasteiger partial charge in [0.2, 0.25) is 0 Å². The highest BCUT2D eigenvalue weighted by Gasteiger charge is 2.07. The summed E-state index contributed by atoms with van der Waals surface area (Å²) >= 11 is 0. The van der Waals surface area contributed by atoms with Crippen LogP contribution in [0, 0.1) is 0 Å². The van der Waals surface area contributed by atoms with Crippen LogP contribution in [0.15, 0.2) is 36.4 Å². The summed E-state index contributed by atoms with van der Waals surface area (Å²) in [5.74, 6) is 0.423. The highest BCUT2D eigenvalue weighted by Crippen LogP contribution is 2.28. The van der Waals surface area contributed by atoms with E-state index in [1.807, 2.05) is 30.3 Å². The first-order valence-electron chi connectivity index (χ1n) is 5.37. The van der Waals surface area contributed by atoms with Gasteiger partial charge in [0.1, 0.15) is 11.5 Å². The van der Waals surface area contributed by atoms with E-state index in [4.69, 9.17) is 0 Å². The third kappa shape index (κ3) is 2.06. The first-order valence-corrected chi connectivity index (χ1v) is 5.37. The van der Waals surface area contributed by atoms with Crippen molar-refractivity contribution in [2.75, 3.05) is 0 Å². The first kappa shape index (κ1) is 10.7. The Balaban J connectivity index is 2.48. The molecule has 0 aliphatic carbocycles. The molecule has 0 radical (unpaired) electrons. The van der Waals surface area contributed by atoms with E-state index in [9.17, 15) is 9.90 Å². The van der Waals surface area contributed by atoms with E-state index in [1.54, 1.807) is 13.0 Å². The lowest BCUT2D eigenvalue weighted by atomic mass is 9.99. The molecule has 0 spiro atoms. The molecule has 0 heterocycles. The van der Waals surface area contributed by atoms with Gasteiger partial charge in [-0.2, -0.15) is 0 Å². The van der Waals surface area contributed by atoms with Crippen LogP contribution in [0.2, 0.25) is 0 Å². The summed E-state index contributed by atoms with van der Waals surface area (Å²) in [6.07, 6.45) is 1.07. The first-order chi connectivity index (χ1) is 7.68. The van der Waals surface area contributed by atoms with Crippen LogP contribution in [-0.2, 0) is 11.2 Å². The number of Topliss-reactive ketones (excluding diaryl/α,β-unsaturated/α-hetero) is 1. The van der Waals surface area contributed by atoms with Crippen LogP contribution in [0.1, 0.15) is 18.9 Å². The summed E-state index contributed by atoms with van der Waals surface area (Å²) in [6.45, 7) is 1.57. The standard InChI is InChI=1S/C14H14O2/c1-10(15)6-8-13-12-5-3-2-4-11(12)7-9-14(13)16/h2-5,7,9,16H,6,8H2,1H3. The Hall–Kier alpha value is -1.83. The fraction of sp³-hybridized carbons (Fsp3) is 0.214. The number of aromatic hydroxyl groups is 1. The van der Waals surface area contributed by atoms with Gasteiger partial charge >= 0.3 is 0 Å². The average Bonchev–Trinajstić information content (AvgIpc) is 2.27. The van der Waals surface area contributed by atoms with Crippen molar-refractivity contribution in [3.8, 4) is 5.75 Å². The van der Waals surface area contributed by atoms with E-state index < -0.39 is 0 Å². The zero-order chi connectivity index (χ0) is 11.5. The Morgan fingerprint density at radius 1 is 1.19 bits per heavy atom. The Kier molecular flexibility index (Phi) is 2.91. The lowest BCUT2D eigenvalue weighted by Gasteiger charge is -2.07.